The minimum absolute atomic E-state index is 0.00412. The molecule has 1 aliphatic rings. The smallest absolute Gasteiger partial charge is 0.331 e. The second kappa shape index (κ2) is 7.33. The number of benzene rings is 1. The lowest BCUT2D eigenvalue weighted by Gasteiger charge is -2.09. The lowest BCUT2D eigenvalue weighted by molar-refractivity contribution is 0.131. The van der Waals surface area contributed by atoms with Gasteiger partial charge < -0.3 is 14.4 Å². The van der Waals surface area contributed by atoms with Gasteiger partial charge in [0.25, 0.3) is 5.56 Å². The van der Waals surface area contributed by atoms with Crippen LogP contribution in [0.15, 0.2) is 32.3 Å². The highest BCUT2D eigenvalue weighted by atomic mass is 19.2. The quantitative estimate of drug-likeness (QED) is 0.659. The van der Waals surface area contributed by atoms with Crippen LogP contribution in [0.1, 0.15) is 34.6 Å². The van der Waals surface area contributed by atoms with Crippen LogP contribution in [0, 0.1) is 11.6 Å². The number of hydrogen-bond donors (Lipinski definition) is 1. The summed E-state index contributed by atoms with van der Waals surface area (Å²) in [5.74, 6) is -2.01. The van der Waals surface area contributed by atoms with E-state index in [1.807, 2.05) is 0 Å². The van der Waals surface area contributed by atoms with Crippen LogP contribution in [0.3, 0.4) is 0 Å². The third kappa shape index (κ3) is 3.49. The van der Waals surface area contributed by atoms with E-state index in [9.17, 15) is 23.5 Å². The maximum absolute atomic E-state index is 13.3. The fraction of sp³-hybridized carbons (Fsp3) is 0.333. The monoisotopic (exact) mass is 406 g/mol. The minimum atomic E-state index is -1.19. The molecule has 3 heterocycles. The van der Waals surface area contributed by atoms with E-state index in [-0.39, 0.29) is 43.5 Å². The minimum Gasteiger partial charge on any atom is -0.388 e. The summed E-state index contributed by atoms with van der Waals surface area (Å²) in [5, 5.41) is 13.9. The summed E-state index contributed by atoms with van der Waals surface area (Å²) in [6, 6.07) is 3.05. The highest BCUT2D eigenvalue weighted by Crippen LogP contribution is 2.19. The molecule has 0 amide bonds. The fourth-order valence-corrected chi connectivity index (χ4v) is 3.17. The molecule has 152 valence electrons. The van der Waals surface area contributed by atoms with E-state index < -0.39 is 29.0 Å². The van der Waals surface area contributed by atoms with Gasteiger partial charge in [-0.25, -0.2) is 13.6 Å². The molecule has 0 aliphatic carbocycles. The Balaban J connectivity index is 1.55. The van der Waals surface area contributed by atoms with Crippen LogP contribution in [0.4, 0.5) is 8.78 Å². The van der Waals surface area contributed by atoms with E-state index in [1.165, 1.54) is 10.6 Å². The largest absolute Gasteiger partial charge is 0.388 e. The highest BCUT2D eigenvalue weighted by molar-refractivity contribution is 5.21. The molecule has 11 heteroatoms. The number of nitrogens with zero attached hydrogens (tertiary/aromatic N) is 4. The van der Waals surface area contributed by atoms with Crippen LogP contribution in [0.2, 0.25) is 0 Å². The van der Waals surface area contributed by atoms with Gasteiger partial charge in [0.2, 0.25) is 5.89 Å². The number of rotatable bonds is 5. The standard InChI is InChI=1S/C18H16F2N4O5/c1-23-13-8-28-7-10(13)17(26)24(18(23)27)6-16-21-15(22-29-16)5-14(25)9-2-3-11(19)12(20)4-9/h2-4,14,25H,5-8H2,1H3/t14-/m0/s1. The van der Waals surface area contributed by atoms with E-state index >= 15 is 0 Å². The molecule has 1 aliphatic heterocycles. The molecular formula is C18H16F2N4O5. The molecule has 3 aromatic rings. The maximum atomic E-state index is 13.3. The van der Waals surface area contributed by atoms with Gasteiger partial charge in [0, 0.05) is 13.5 Å². The zero-order chi connectivity index (χ0) is 20.7. The normalized spacial score (nSPS) is 14.2. The average Bonchev–Trinajstić information content (AvgIpc) is 3.35. The van der Waals surface area contributed by atoms with Crippen molar-refractivity contribution in [1.29, 1.82) is 0 Å². The van der Waals surface area contributed by atoms with Crippen molar-refractivity contribution in [3.05, 3.63) is 79.2 Å². The zero-order valence-corrected chi connectivity index (χ0v) is 15.3. The summed E-state index contributed by atoms with van der Waals surface area (Å²) in [7, 11) is 1.54. The van der Waals surface area contributed by atoms with Gasteiger partial charge in [0.1, 0.15) is 6.54 Å². The molecule has 1 aromatic carbocycles. The van der Waals surface area contributed by atoms with E-state index in [2.05, 4.69) is 10.1 Å². The summed E-state index contributed by atoms with van der Waals surface area (Å²) < 4.78 is 39.0. The molecule has 0 unspecified atom stereocenters. The van der Waals surface area contributed by atoms with Crippen molar-refractivity contribution in [3.8, 4) is 0 Å². The van der Waals surface area contributed by atoms with Gasteiger partial charge >= 0.3 is 5.69 Å². The van der Waals surface area contributed by atoms with Crippen molar-refractivity contribution in [2.45, 2.75) is 32.3 Å². The summed E-state index contributed by atoms with van der Waals surface area (Å²) in [6.45, 7) is 0.0780. The molecule has 1 N–H and O–H groups in total. The van der Waals surface area contributed by atoms with Crippen LogP contribution < -0.4 is 11.2 Å². The Morgan fingerprint density at radius 2 is 2.03 bits per heavy atom. The highest BCUT2D eigenvalue weighted by Gasteiger charge is 2.23. The second-order valence-corrected chi connectivity index (χ2v) is 6.65. The van der Waals surface area contributed by atoms with Gasteiger partial charge in [-0.05, 0) is 17.7 Å². The van der Waals surface area contributed by atoms with Crippen molar-refractivity contribution in [2.75, 3.05) is 0 Å². The first kappa shape index (κ1) is 19.2. The third-order valence-corrected chi connectivity index (χ3v) is 4.77. The summed E-state index contributed by atoms with van der Waals surface area (Å²) in [4.78, 5) is 29.1. The predicted molar refractivity (Wildman–Crippen MR) is 92.9 cm³/mol. The molecule has 2 aromatic heterocycles. The van der Waals surface area contributed by atoms with Gasteiger partial charge in [-0.2, -0.15) is 4.98 Å². The Bertz CT molecular complexity index is 1200. The van der Waals surface area contributed by atoms with Crippen LogP contribution in [-0.2, 0) is 38.0 Å². The molecule has 0 spiro atoms. The molecule has 0 fully saturated rings. The average molecular weight is 406 g/mol. The first-order valence-electron chi connectivity index (χ1n) is 8.69. The Hall–Kier alpha value is -3.18. The number of aromatic nitrogens is 4. The first-order chi connectivity index (χ1) is 13.8. The Kier molecular flexibility index (Phi) is 4.84. The van der Waals surface area contributed by atoms with Crippen molar-refractivity contribution >= 4 is 0 Å². The number of aliphatic hydroxyl groups excluding tert-OH is 1. The lowest BCUT2D eigenvalue weighted by atomic mass is 10.1. The number of ether oxygens (including phenoxy) is 1. The van der Waals surface area contributed by atoms with Crippen LogP contribution in [0.5, 0.6) is 0 Å². The van der Waals surface area contributed by atoms with Gasteiger partial charge in [-0.1, -0.05) is 11.2 Å². The van der Waals surface area contributed by atoms with E-state index in [4.69, 9.17) is 9.26 Å². The molecule has 9 nitrogen and oxygen atoms in total. The number of halogens is 2. The predicted octanol–water partition coefficient (Wildman–Crippen LogP) is 0.563. The molecule has 0 saturated carbocycles. The number of aliphatic hydroxyl groups is 1. The summed E-state index contributed by atoms with van der Waals surface area (Å²) in [5.41, 5.74) is 0.0691. The Morgan fingerprint density at radius 1 is 1.24 bits per heavy atom. The molecule has 0 bridgehead atoms. The fourth-order valence-electron chi connectivity index (χ4n) is 3.17. The Labute approximate surface area is 161 Å². The van der Waals surface area contributed by atoms with Gasteiger partial charge in [-0.3, -0.25) is 13.9 Å². The van der Waals surface area contributed by atoms with Crippen LogP contribution in [0.25, 0.3) is 0 Å². The first-order valence-corrected chi connectivity index (χ1v) is 8.69. The lowest BCUT2D eigenvalue weighted by Crippen LogP contribution is -2.42. The summed E-state index contributed by atoms with van der Waals surface area (Å²) in [6.07, 6.45) is -1.32. The molecule has 0 radical (unpaired) electrons. The molecule has 4 rings (SSSR count). The van der Waals surface area contributed by atoms with Crippen molar-refractivity contribution < 1.29 is 23.1 Å². The van der Waals surface area contributed by atoms with Gasteiger partial charge in [0.05, 0.1) is 30.6 Å². The Morgan fingerprint density at radius 3 is 2.79 bits per heavy atom. The van der Waals surface area contributed by atoms with E-state index in [0.29, 0.717) is 11.3 Å². The summed E-state index contributed by atoms with van der Waals surface area (Å²) >= 11 is 0. The second-order valence-electron chi connectivity index (χ2n) is 6.65. The molecule has 29 heavy (non-hydrogen) atoms. The SMILES string of the molecule is Cn1c2c(c(=O)n(Cc3nc(C[C@H](O)c4ccc(F)c(F)c4)no3)c1=O)COC2. The van der Waals surface area contributed by atoms with Crippen molar-refractivity contribution in [1.82, 2.24) is 19.3 Å². The van der Waals surface area contributed by atoms with Crippen molar-refractivity contribution in [3.63, 3.8) is 0 Å². The van der Waals surface area contributed by atoms with E-state index in [1.54, 1.807) is 7.05 Å². The zero-order valence-electron chi connectivity index (χ0n) is 15.3. The van der Waals surface area contributed by atoms with Crippen LogP contribution >= 0.6 is 0 Å². The molecule has 0 saturated heterocycles. The molecular weight excluding hydrogens is 390 g/mol. The third-order valence-electron chi connectivity index (χ3n) is 4.77. The van der Waals surface area contributed by atoms with Crippen molar-refractivity contribution in [2.24, 2.45) is 7.05 Å². The topological polar surface area (TPSA) is 112 Å². The number of hydrogen-bond acceptors (Lipinski definition) is 7. The molecule has 1 atom stereocenters. The van der Waals surface area contributed by atoms with E-state index in [0.717, 1.165) is 16.7 Å². The van der Waals surface area contributed by atoms with Crippen LogP contribution in [-0.4, -0.2) is 24.4 Å². The van der Waals surface area contributed by atoms with Gasteiger partial charge in [0.15, 0.2) is 17.5 Å². The maximum Gasteiger partial charge on any atom is 0.331 e. The number of fused-ring (bicyclic) bond motifs is 1. The van der Waals surface area contributed by atoms with Gasteiger partial charge in [-0.15, -0.1) is 0 Å².